The van der Waals surface area contributed by atoms with Crippen molar-refractivity contribution in [1.82, 2.24) is 4.98 Å². The summed E-state index contributed by atoms with van der Waals surface area (Å²) >= 11 is 6.14. The highest BCUT2D eigenvalue weighted by atomic mass is 35.5. The maximum atomic E-state index is 12.5. The minimum Gasteiger partial charge on any atom is -0.493 e. The third-order valence-corrected chi connectivity index (χ3v) is 3.30. The average Bonchev–Trinajstić information content (AvgIpc) is 2.56. The lowest BCUT2D eigenvalue weighted by Crippen LogP contribution is -2.05. The molecule has 2 rings (SSSR count). The normalized spacial score (nSPS) is 11.6. The van der Waals surface area contributed by atoms with E-state index >= 15 is 0 Å². The van der Waals surface area contributed by atoms with E-state index in [9.17, 15) is 13.2 Å². The summed E-state index contributed by atoms with van der Waals surface area (Å²) < 4.78 is 48.0. The molecule has 0 atom stereocenters. The summed E-state index contributed by atoms with van der Waals surface area (Å²) in [6.07, 6.45) is -2.26. The van der Waals surface area contributed by atoms with Crippen molar-refractivity contribution < 1.29 is 22.6 Å². The van der Waals surface area contributed by atoms with Crippen molar-refractivity contribution >= 4 is 23.6 Å². The van der Waals surface area contributed by atoms with Crippen LogP contribution in [0, 0.1) is 0 Å². The van der Waals surface area contributed by atoms with Crippen LogP contribution in [0.2, 0.25) is 5.02 Å². The predicted molar refractivity (Wildman–Crippen MR) is 89.6 cm³/mol. The molecule has 2 aromatic rings. The van der Waals surface area contributed by atoms with Gasteiger partial charge >= 0.3 is 6.18 Å². The van der Waals surface area contributed by atoms with Crippen molar-refractivity contribution in [1.29, 1.82) is 0 Å². The average molecular weight is 374 g/mol. The topological polar surface area (TPSA) is 55.7 Å². The predicted octanol–water partition coefficient (Wildman–Crippen LogP) is 4.61. The summed E-state index contributed by atoms with van der Waals surface area (Å²) in [4.78, 5) is 3.65. The Kier molecular flexibility index (Phi) is 6.08. The third kappa shape index (κ3) is 4.99. The second kappa shape index (κ2) is 8.06. The fourth-order valence-electron chi connectivity index (χ4n) is 1.90. The Hall–Kier alpha value is -2.48. The van der Waals surface area contributed by atoms with Gasteiger partial charge in [-0.1, -0.05) is 11.6 Å². The van der Waals surface area contributed by atoms with Crippen LogP contribution in [-0.4, -0.2) is 24.9 Å². The molecule has 134 valence electrons. The van der Waals surface area contributed by atoms with Gasteiger partial charge < -0.3 is 9.47 Å². The highest BCUT2D eigenvalue weighted by Gasteiger charge is 2.30. The first-order chi connectivity index (χ1) is 11.8. The van der Waals surface area contributed by atoms with Crippen LogP contribution in [0.1, 0.15) is 18.1 Å². The number of benzene rings is 1. The number of nitrogens with zero attached hydrogens (tertiary/aromatic N) is 2. The van der Waals surface area contributed by atoms with E-state index in [0.29, 0.717) is 28.7 Å². The molecule has 0 amide bonds. The number of pyridine rings is 1. The Bertz CT molecular complexity index is 750. The summed E-state index contributed by atoms with van der Waals surface area (Å²) in [6, 6.07) is 5.40. The van der Waals surface area contributed by atoms with Gasteiger partial charge in [-0.2, -0.15) is 18.3 Å². The van der Waals surface area contributed by atoms with E-state index in [1.165, 1.54) is 19.4 Å². The number of hydrogen-bond acceptors (Lipinski definition) is 5. The lowest BCUT2D eigenvalue weighted by atomic mass is 10.2. The van der Waals surface area contributed by atoms with E-state index in [1.807, 2.05) is 6.92 Å². The van der Waals surface area contributed by atoms with Crippen LogP contribution in [0.25, 0.3) is 0 Å². The smallest absolute Gasteiger partial charge is 0.417 e. The number of hydrazone groups is 1. The highest BCUT2D eigenvalue weighted by molar-refractivity contribution is 6.32. The van der Waals surface area contributed by atoms with Crippen LogP contribution in [-0.2, 0) is 6.18 Å². The number of halogens is 4. The maximum Gasteiger partial charge on any atom is 0.417 e. The van der Waals surface area contributed by atoms with E-state index in [2.05, 4.69) is 15.5 Å². The first-order valence-corrected chi connectivity index (χ1v) is 7.55. The highest BCUT2D eigenvalue weighted by Crippen LogP contribution is 2.36. The molecule has 1 aromatic heterocycles. The number of hydrogen-bond donors (Lipinski definition) is 1. The van der Waals surface area contributed by atoms with E-state index in [0.717, 1.165) is 12.3 Å². The number of methoxy groups -OCH3 is 1. The van der Waals surface area contributed by atoms with Crippen molar-refractivity contribution in [3.63, 3.8) is 0 Å². The molecular weight excluding hydrogens is 359 g/mol. The minimum absolute atomic E-state index is 0.174. The van der Waals surface area contributed by atoms with Gasteiger partial charge in [-0.15, -0.1) is 0 Å². The summed E-state index contributed by atoms with van der Waals surface area (Å²) in [5, 5.41) is 4.28. The van der Waals surface area contributed by atoms with Crippen molar-refractivity contribution in [3.05, 3.63) is 46.6 Å². The Balaban J connectivity index is 2.10. The molecule has 0 unspecified atom stereocenters. The van der Waals surface area contributed by atoms with Crippen LogP contribution >= 0.6 is 11.6 Å². The standard InChI is InChI=1S/C16H15ClF3N3O2/c1-3-25-15-12(17)6-10(7-13(15)24-2)8-22-23-14-5-4-11(9-21-14)16(18,19)20/h4-9H,3H2,1-2H3,(H,21,23)/b22-8-. The molecule has 5 nitrogen and oxygen atoms in total. The number of nitrogens with one attached hydrogen (secondary N) is 1. The van der Waals surface area contributed by atoms with E-state index in [1.54, 1.807) is 12.1 Å². The van der Waals surface area contributed by atoms with E-state index in [-0.39, 0.29) is 5.82 Å². The first kappa shape index (κ1) is 18.9. The van der Waals surface area contributed by atoms with Gasteiger partial charge in [0, 0.05) is 6.20 Å². The molecule has 0 bridgehead atoms. The molecule has 0 spiro atoms. The van der Waals surface area contributed by atoms with Crippen LogP contribution in [0.5, 0.6) is 11.5 Å². The molecule has 1 N–H and O–H groups in total. The summed E-state index contributed by atoms with van der Waals surface area (Å²) in [6.45, 7) is 2.26. The largest absolute Gasteiger partial charge is 0.493 e. The molecular formula is C16H15ClF3N3O2. The van der Waals surface area contributed by atoms with E-state index < -0.39 is 11.7 Å². The number of alkyl halides is 3. The van der Waals surface area contributed by atoms with Crippen molar-refractivity contribution in [3.8, 4) is 11.5 Å². The molecule has 1 aromatic carbocycles. The molecule has 1 heterocycles. The van der Waals surface area contributed by atoms with Gasteiger partial charge in [-0.3, -0.25) is 5.43 Å². The number of aromatic nitrogens is 1. The Morgan fingerprint density at radius 1 is 1.32 bits per heavy atom. The number of rotatable bonds is 6. The monoisotopic (exact) mass is 373 g/mol. The minimum atomic E-state index is -4.43. The fourth-order valence-corrected chi connectivity index (χ4v) is 2.17. The summed E-state index contributed by atoms with van der Waals surface area (Å²) in [5.41, 5.74) is 2.33. The van der Waals surface area contributed by atoms with Gasteiger partial charge in [0.05, 0.1) is 30.5 Å². The third-order valence-electron chi connectivity index (χ3n) is 3.02. The molecule has 0 saturated heterocycles. The first-order valence-electron chi connectivity index (χ1n) is 7.17. The Morgan fingerprint density at radius 2 is 2.08 bits per heavy atom. The van der Waals surface area contributed by atoms with Crippen LogP contribution in [0.4, 0.5) is 19.0 Å². The van der Waals surface area contributed by atoms with E-state index in [4.69, 9.17) is 21.1 Å². The molecule has 0 aliphatic rings. The lowest BCUT2D eigenvalue weighted by molar-refractivity contribution is -0.137. The number of anilines is 1. The van der Waals surface area contributed by atoms with Crippen LogP contribution in [0.3, 0.4) is 0 Å². The molecule has 9 heteroatoms. The van der Waals surface area contributed by atoms with Gasteiger partial charge in [0.15, 0.2) is 11.5 Å². The molecule has 0 fully saturated rings. The summed E-state index contributed by atoms with van der Waals surface area (Å²) in [7, 11) is 1.49. The van der Waals surface area contributed by atoms with Crippen molar-refractivity contribution in [2.45, 2.75) is 13.1 Å². The maximum absolute atomic E-state index is 12.5. The van der Waals surface area contributed by atoms with Gasteiger partial charge in [-0.05, 0) is 36.8 Å². The molecule has 0 saturated carbocycles. The SMILES string of the molecule is CCOc1c(Cl)cc(/C=N\Nc2ccc(C(F)(F)F)cn2)cc1OC. The fraction of sp³-hybridized carbons (Fsp3) is 0.250. The van der Waals surface area contributed by atoms with Gasteiger partial charge in [0.1, 0.15) is 5.82 Å². The number of ether oxygens (including phenoxy) is 2. The zero-order valence-electron chi connectivity index (χ0n) is 13.4. The summed E-state index contributed by atoms with van der Waals surface area (Å²) in [5.74, 6) is 1.05. The second-order valence-corrected chi connectivity index (χ2v) is 5.17. The second-order valence-electron chi connectivity index (χ2n) is 4.77. The lowest BCUT2D eigenvalue weighted by Gasteiger charge is -2.11. The zero-order valence-corrected chi connectivity index (χ0v) is 14.1. The zero-order chi connectivity index (χ0) is 18.4. The quantitative estimate of drug-likeness (QED) is 0.593. The molecule has 0 aliphatic carbocycles. The van der Waals surface area contributed by atoms with Gasteiger partial charge in [-0.25, -0.2) is 4.98 Å². The Morgan fingerprint density at radius 3 is 2.64 bits per heavy atom. The van der Waals surface area contributed by atoms with Gasteiger partial charge in [0.25, 0.3) is 0 Å². The molecule has 0 aliphatic heterocycles. The molecule has 25 heavy (non-hydrogen) atoms. The van der Waals surface area contributed by atoms with Crippen LogP contribution < -0.4 is 14.9 Å². The van der Waals surface area contributed by atoms with Crippen molar-refractivity contribution in [2.75, 3.05) is 19.1 Å². The van der Waals surface area contributed by atoms with Crippen molar-refractivity contribution in [2.24, 2.45) is 5.10 Å². The Labute approximate surface area is 147 Å². The molecule has 0 radical (unpaired) electrons. The van der Waals surface area contributed by atoms with Crippen LogP contribution in [0.15, 0.2) is 35.6 Å². The van der Waals surface area contributed by atoms with Gasteiger partial charge in [0.2, 0.25) is 0 Å².